The number of nitrogens with zero attached hydrogens (tertiary/aromatic N) is 6. The molecule has 0 saturated carbocycles. The van der Waals surface area contributed by atoms with Crippen LogP contribution in [0, 0.1) is 0 Å². The summed E-state index contributed by atoms with van der Waals surface area (Å²) in [5.41, 5.74) is 3.33. The van der Waals surface area contributed by atoms with E-state index in [0.717, 1.165) is 69.0 Å². The van der Waals surface area contributed by atoms with Crippen LogP contribution in [-0.4, -0.2) is 78.0 Å². The van der Waals surface area contributed by atoms with Gasteiger partial charge in [-0.2, -0.15) is 0 Å². The van der Waals surface area contributed by atoms with Crippen molar-refractivity contribution >= 4 is 22.9 Å². The van der Waals surface area contributed by atoms with Gasteiger partial charge in [-0.3, -0.25) is 19.3 Å². The lowest BCUT2D eigenvalue weighted by molar-refractivity contribution is 0.0334. The number of rotatable bonds is 4. The molecule has 0 spiro atoms. The first-order chi connectivity index (χ1) is 15.4. The Kier molecular flexibility index (Phi) is 4.82. The van der Waals surface area contributed by atoms with Crippen molar-refractivity contribution < 1.29 is 4.74 Å². The van der Waals surface area contributed by atoms with Crippen LogP contribution in [0.5, 0.6) is 0 Å². The van der Waals surface area contributed by atoms with Crippen molar-refractivity contribution in [3.63, 3.8) is 0 Å². The molecule has 3 aliphatic rings. The lowest BCUT2D eigenvalue weighted by Gasteiger charge is -2.42. The summed E-state index contributed by atoms with van der Waals surface area (Å²) in [4.78, 5) is 17.0. The number of aliphatic imine (C=N–C) groups is 1. The Labute approximate surface area is 181 Å². The molecule has 1 saturated heterocycles. The van der Waals surface area contributed by atoms with Crippen molar-refractivity contribution in [1.29, 1.82) is 0 Å². The molecule has 4 heterocycles. The summed E-state index contributed by atoms with van der Waals surface area (Å²) in [6.45, 7) is 7.21. The van der Waals surface area contributed by atoms with E-state index in [4.69, 9.17) is 14.7 Å². The Morgan fingerprint density at radius 1 is 0.935 bits per heavy atom. The van der Waals surface area contributed by atoms with Crippen molar-refractivity contribution in [1.82, 2.24) is 24.7 Å². The second kappa shape index (κ2) is 7.96. The van der Waals surface area contributed by atoms with Gasteiger partial charge in [0.25, 0.3) is 0 Å². The van der Waals surface area contributed by atoms with E-state index in [1.54, 1.807) is 0 Å². The fourth-order valence-corrected chi connectivity index (χ4v) is 4.63. The van der Waals surface area contributed by atoms with E-state index in [9.17, 15) is 0 Å². The number of hydrogen-bond donors (Lipinski definition) is 1. The highest BCUT2D eigenvalue weighted by molar-refractivity contribution is 5.98. The molecule has 0 aliphatic carbocycles. The van der Waals surface area contributed by atoms with E-state index in [1.807, 2.05) is 6.07 Å². The maximum atomic E-state index is 5.47. The van der Waals surface area contributed by atoms with Gasteiger partial charge < -0.3 is 10.1 Å². The van der Waals surface area contributed by atoms with Gasteiger partial charge in [0.15, 0.2) is 0 Å². The van der Waals surface area contributed by atoms with Crippen molar-refractivity contribution in [3.8, 4) is 0 Å². The van der Waals surface area contributed by atoms with E-state index in [2.05, 4.69) is 73.1 Å². The van der Waals surface area contributed by atoms with Crippen LogP contribution in [0.3, 0.4) is 0 Å². The second-order valence-electron chi connectivity index (χ2n) is 8.27. The maximum absolute atomic E-state index is 5.47. The predicted octanol–water partition coefficient (Wildman–Crippen LogP) is 1.91. The zero-order valence-electron chi connectivity index (χ0n) is 17.5. The van der Waals surface area contributed by atoms with Crippen LogP contribution in [0.15, 0.2) is 59.6 Å². The Bertz CT molecular complexity index is 1090. The number of aromatic nitrogens is 2. The summed E-state index contributed by atoms with van der Waals surface area (Å²) in [6.07, 6.45) is -0.0292. The lowest BCUT2D eigenvalue weighted by atomic mass is 10.1. The smallest absolute Gasteiger partial charge is 0.216 e. The van der Waals surface area contributed by atoms with Gasteiger partial charge in [-0.05, 0) is 17.7 Å². The minimum atomic E-state index is -0.0292. The minimum absolute atomic E-state index is 0.0292. The van der Waals surface area contributed by atoms with Crippen LogP contribution in [0.4, 0.5) is 5.95 Å². The van der Waals surface area contributed by atoms with Crippen LogP contribution in [0.1, 0.15) is 11.7 Å². The molecule has 1 atom stereocenters. The first-order valence-electron chi connectivity index (χ1n) is 11.0. The quantitative estimate of drug-likeness (QED) is 0.700. The van der Waals surface area contributed by atoms with E-state index in [1.165, 1.54) is 5.56 Å². The number of benzene rings is 2. The average Bonchev–Trinajstić information content (AvgIpc) is 3.23. The summed E-state index contributed by atoms with van der Waals surface area (Å²) in [6, 6.07) is 18.9. The topological polar surface area (TPSA) is 61.2 Å². The molecule has 1 fully saturated rings. The van der Waals surface area contributed by atoms with Gasteiger partial charge in [-0.25, -0.2) is 9.98 Å². The predicted molar refractivity (Wildman–Crippen MR) is 121 cm³/mol. The molecule has 2 aromatic carbocycles. The number of ether oxygens (including phenoxy) is 1. The van der Waals surface area contributed by atoms with Gasteiger partial charge in [0.1, 0.15) is 6.17 Å². The molecule has 1 aromatic heterocycles. The van der Waals surface area contributed by atoms with Crippen LogP contribution < -0.4 is 10.2 Å². The van der Waals surface area contributed by atoms with Gasteiger partial charge in [0, 0.05) is 26.2 Å². The number of imidazole rings is 1. The molecule has 0 radical (unpaired) electrons. The van der Waals surface area contributed by atoms with Crippen LogP contribution in [0.25, 0.3) is 11.0 Å². The van der Waals surface area contributed by atoms with Gasteiger partial charge in [0.05, 0.1) is 37.6 Å². The highest BCUT2D eigenvalue weighted by atomic mass is 16.5. The van der Waals surface area contributed by atoms with Gasteiger partial charge >= 0.3 is 0 Å². The molecule has 3 aromatic rings. The lowest BCUT2D eigenvalue weighted by Crippen LogP contribution is -2.58. The third-order valence-corrected chi connectivity index (χ3v) is 6.31. The zero-order valence-corrected chi connectivity index (χ0v) is 17.5. The highest BCUT2D eigenvalue weighted by Crippen LogP contribution is 2.33. The Hall–Kier alpha value is -2.94. The van der Waals surface area contributed by atoms with Crippen molar-refractivity contribution in [2.24, 2.45) is 4.99 Å². The molecule has 0 amide bonds. The van der Waals surface area contributed by atoms with Gasteiger partial charge in [-0.1, -0.05) is 42.5 Å². The van der Waals surface area contributed by atoms with Crippen LogP contribution in [-0.2, 0) is 4.74 Å². The van der Waals surface area contributed by atoms with Crippen molar-refractivity contribution in [3.05, 3.63) is 60.2 Å². The Morgan fingerprint density at radius 2 is 1.71 bits per heavy atom. The molecule has 0 unspecified atom stereocenters. The molecule has 8 nitrogen and oxygen atoms in total. The van der Waals surface area contributed by atoms with Crippen molar-refractivity contribution in [2.45, 2.75) is 6.17 Å². The molecule has 0 bridgehead atoms. The largest absolute Gasteiger partial charge is 0.379 e. The summed E-state index contributed by atoms with van der Waals surface area (Å²) in [5.74, 6) is 1.85. The normalized spacial score (nSPS) is 22.0. The number of guanidine groups is 1. The maximum Gasteiger partial charge on any atom is 0.216 e. The summed E-state index contributed by atoms with van der Waals surface area (Å²) in [7, 11) is 0. The Balaban J connectivity index is 1.32. The van der Waals surface area contributed by atoms with E-state index in [-0.39, 0.29) is 6.17 Å². The molecule has 8 heteroatoms. The number of fused-ring (bicyclic) bond motifs is 5. The monoisotopic (exact) mass is 417 g/mol. The summed E-state index contributed by atoms with van der Waals surface area (Å²) < 4.78 is 7.77. The van der Waals surface area contributed by atoms with Gasteiger partial charge in [-0.15, -0.1) is 0 Å². The first kappa shape index (κ1) is 18.8. The highest BCUT2D eigenvalue weighted by Gasteiger charge is 2.35. The number of anilines is 1. The SMILES string of the molecule is c1ccc([C@@H]2NC3=NCN(CCN4CCOCC4)CN3c3nc4ccccc4n32)cc1. The first-order valence-corrected chi connectivity index (χ1v) is 11.0. The third-order valence-electron chi connectivity index (χ3n) is 6.31. The summed E-state index contributed by atoms with van der Waals surface area (Å²) in [5, 5.41) is 3.68. The molecular weight excluding hydrogens is 390 g/mol. The zero-order chi connectivity index (χ0) is 20.6. The van der Waals surface area contributed by atoms with E-state index < -0.39 is 0 Å². The molecular formula is C23H27N7O. The number of morpholine rings is 1. The fourth-order valence-electron chi connectivity index (χ4n) is 4.63. The minimum Gasteiger partial charge on any atom is -0.379 e. The average molecular weight is 418 g/mol. The van der Waals surface area contributed by atoms with Gasteiger partial charge in [0.2, 0.25) is 11.9 Å². The van der Waals surface area contributed by atoms with Crippen molar-refractivity contribution in [2.75, 3.05) is 57.6 Å². The number of para-hydroxylation sites is 2. The third kappa shape index (κ3) is 3.46. The number of nitrogens with one attached hydrogen (secondary N) is 1. The standard InChI is InChI=1S/C23H27N7O/c1-2-6-18(7-3-1)21-26-22-24-16-28(11-10-27-12-14-31-15-13-27)17-29(22)23-25-19-8-4-5-9-20(19)30(21)23/h1-9,21H,10-17H2,(H,24,26)/t21-/m1/s1. The van der Waals surface area contributed by atoms with Crippen LogP contribution >= 0.6 is 0 Å². The second-order valence-corrected chi connectivity index (χ2v) is 8.27. The van der Waals surface area contributed by atoms with E-state index in [0.29, 0.717) is 6.67 Å². The molecule has 6 rings (SSSR count). The molecule has 160 valence electrons. The molecule has 31 heavy (non-hydrogen) atoms. The Morgan fingerprint density at radius 3 is 2.58 bits per heavy atom. The van der Waals surface area contributed by atoms with Crippen LogP contribution in [0.2, 0.25) is 0 Å². The summed E-state index contributed by atoms with van der Waals surface area (Å²) >= 11 is 0. The number of hydrogen-bond acceptors (Lipinski definition) is 7. The molecule has 1 N–H and O–H groups in total. The van der Waals surface area contributed by atoms with E-state index >= 15 is 0 Å². The molecule has 3 aliphatic heterocycles. The fraction of sp³-hybridized carbons (Fsp3) is 0.391.